The number of hydroxylamine groups is 2. The van der Waals surface area contributed by atoms with Crippen LogP contribution in [0.5, 0.6) is 5.75 Å². The molecule has 1 saturated heterocycles. The molecule has 5 rings (SSSR count). The third-order valence-electron chi connectivity index (χ3n) is 6.14. The van der Waals surface area contributed by atoms with Crippen LogP contribution in [0, 0.1) is 11.3 Å². The summed E-state index contributed by atoms with van der Waals surface area (Å²) in [6.07, 6.45) is 3.16. The first-order valence-corrected chi connectivity index (χ1v) is 10.2. The van der Waals surface area contributed by atoms with Gasteiger partial charge in [-0.2, -0.15) is 5.26 Å². The van der Waals surface area contributed by atoms with Crippen LogP contribution >= 0.6 is 0 Å². The number of nitrogens with two attached hydrogens (primary N) is 1. The predicted molar refractivity (Wildman–Crippen MR) is 111 cm³/mol. The van der Waals surface area contributed by atoms with Gasteiger partial charge >= 0.3 is 0 Å². The average Bonchev–Trinajstić information content (AvgIpc) is 2.90. The topological polar surface area (TPSA) is 93.1 Å². The van der Waals surface area contributed by atoms with Crippen LogP contribution in [0.4, 0.5) is 0 Å². The number of fused-ring (bicyclic) bond motifs is 2. The number of guanidine groups is 1. The van der Waals surface area contributed by atoms with Crippen LogP contribution in [0.3, 0.4) is 0 Å². The first kappa shape index (κ1) is 18.9. The zero-order valence-corrected chi connectivity index (χ0v) is 16.9. The molecule has 3 aliphatic rings. The normalized spacial score (nSPS) is 27.9. The quantitative estimate of drug-likeness (QED) is 0.784. The molecule has 3 aliphatic heterocycles. The minimum Gasteiger partial charge on any atom is -0.487 e. The lowest BCUT2D eigenvalue weighted by molar-refractivity contribution is -0.205. The highest BCUT2D eigenvalue weighted by Crippen LogP contribution is 2.52. The van der Waals surface area contributed by atoms with Crippen molar-refractivity contribution in [2.45, 2.75) is 37.0 Å². The number of hydrogen-bond donors (Lipinski definition) is 1. The first-order chi connectivity index (χ1) is 14.5. The SMILES string of the molecule is CN1OC2(CC3(CCCOCC3)Oc3ccc(-c4cccc(C#N)c4)cc32)N=C1N. The molecule has 2 unspecified atom stereocenters. The molecule has 0 amide bonds. The van der Waals surface area contributed by atoms with Crippen molar-refractivity contribution in [2.75, 3.05) is 20.3 Å². The largest absolute Gasteiger partial charge is 0.487 e. The second kappa shape index (κ2) is 7.01. The van der Waals surface area contributed by atoms with Crippen LogP contribution in [-0.2, 0) is 15.3 Å². The highest BCUT2D eigenvalue weighted by molar-refractivity contribution is 5.79. The summed E-state index contributed by atoms with van der Waals surface area (Å²) in [7, 11) is 1.77. The van der Waals surface area contributed by atoms with E-state index in [9.17, 15) is 5.26 Å². The van der Waals surface area contributed by atoms with E-state index in [1.165, 1.54) is 5.06 Å². The third-order valence-corrected chi connectivity index (χ3v) is 6.14. The highest BCUT2D eigenvalue weighted by Gasteiger charge is 2.54. The van der Waals surface area contributed by atoms with Crippen LogP contribution in [0.1, 0.15) is 36.8 Å². The van der Waals surface area contributed by atoms with Gasteiger partial charge in [-0.1, -0.05) is 18.2 Å². The number of nitriles is 1. The molecule has 7 heteroatoms. The fourth-order valence-electron chi connectivity index (χ4n) is 4.66. The van der Waals surface area contributed by atoms with E-state index in [0.717, 1.165) is 48.3 Å². The zero-order chi connectivity index (χ0) is 20.8. The second-order valence-electron chi connectivity index (χ2n) is 8.17. The smallest absolute Gasteiger partial charge is 0.222 e. The van der Waals surface area contributed by atoms with Crippen molar-refractivity contribution in [1.82, 2.24) is 5.06 Å². The minimum atomic E-state index is -0.931. The zero-order valence-electron chi connectivity index (χ0n) is 16.9. The van der Waals surface area contributed by atoms with E-state index in [4.69, 9.17) is 25.0 Å². The number of rotatable bonds is 1. The van der Waals surface area contributed by atoms with Gasteiger partial charge < -0.3 is 15.2 Å². The molecule has 0 radical (unpaired) electrons. The Morgan fingerprint density at radius 2 is 2.00 bits per heavy atom. The van der Waals surface area contributed by atoms with Crippen molar-refractivity contribution >= 4 is 5.96 Å². The van der Waals surface area contributed by atoms with Crippen LogP contribution in [0.25, 0.3) is 11.1 Å². The lowest BCUT2D eigenvalue weighted by Gasteiger charge is -2.44. The van der Waals surface area contributed by atoms with Crippen LogP contribution < -0.4 is 10.5 Å². The minimum absolute atomic E-state index is 0.347. The van der Waals surface area contributed by atoms with Crippen molar-refractivity contribution in [3.8, 4) is 22.9 Å². The maximum atomic E-state index is 9.25. The number of benzene rings is 2. The lowest BCUT2D eigenvalue weighted by atomic mass is 9.79. The molecule has 2 atom stereocenters. The Bertz CT molecular complexity index is 1050. The summed E-state index contributed by atoms with van der Waals surface area (Å²) >= 11 is 0. The van der Waals surface area contributed by atoms with Gasteiger partial charge in [-0.25, -0.2) is 14.9 Å². The van der Waals surface area contributed by atoms with Crippen molar-refractivity contribution in [3.05, 3.63) is 53.6 Å². The summed E-state index contributed by atoms with van der Waals surface area (Å²) in [5, 5.41) is 10.8. The molecule has 0 aromatic heterocycles. The third kappa shape index (κ3) is 3.09. The molecular formula is C23H24N4O3. The molecule has 2 aromatic carbocycles. The van der Waals surface area contributed by atoms with Gasteiger partial charge in [0.05, 0.1) is 23.8 Å². The van der Waals surface area contributed by atoms with E-state index in [-0.39, 0.29) is 0 Å². The summed E-state index contributed by atoms with van der Waals surface area (Å²) in [6, 6.07) is 15.8. The molecule has 154 valence electrons. The Kier molecular flexibility index (Phi) is 4.42. The number of ether oxygens (including phenoxy) is 2. The summed E-state index contributed by atoms with van der Waals surface area (Å²) in [6.45, 7) is 1.39. The van der Waals surface area contributed by atoms with Crippen LogP contribution in [0.15, 0.2) is 47.5 Å². The molecule has 1 fully saturated rings. The molecule has 3 heterocycles. The van der Waals surface area contributed by atoms with Crippen molar-refractivity contribution in [2.24, 2.45) is 10.7 Å². The maximum Gasteiger partial charge on any atom is 0.222 e. The number of hydrogen-bond acceptors (Lipinski definition) is 7. The highest BCUT2D eigenvalue weighted by atomic mass is 16.7. The lowest BCUT2D eigenvalue weighted by Crippen LogP contribution is -2.48. The summed E-state index contributed by atoms with van der Waals surface area (Å²) < 4.78 is 12.3. The fraction of sp³-hybridized carbons (Fsp3) is 0.391. The molecule has 0 bridgehead atoms. The maximum absolute atomic E-state index is 9.25. The van der Waals surface area contributed by atoms with Gasteiger partial charge in [-0.3, -0.25) is 0 Å². The van der Waals surface area contributed by atoms with Gasteiger partial charge in [0.1, 0.15) is 11.4 Å². The van der Waals surface area contributed by atoms with Gasteiger partial charge in [-0.15, -0.1) is 0 Å². The Morgan fingerprint density at radius 3 is 2.80 bits per heavy atom. The van der Waals surface area contributed by atoms with E-state index >= 15 is 0 Å². The molecule has 2 spiro atoms. The van der Waals surface area contributed by atoms with Crippen molar-refractivity contribution < 1.29 is 14.3 Å². The summed E-state index contributed by atoms with van der Waals surface area (Å²) in [4.78, 5) is 11.0. The Morgan fingerprint density at radius 1 is 1.13 bits per heavy atom. The monoisotopic (exact) mass is 404 g/mol. The standard InChI is InChI=1S/C23H24N4O3/c1-27-21(25)26-23(30-27)15-22(8-3-10-28-11-9-22)29-20-7-6-18(13-19(20)23)17-5-2-4-16(12-17)14-24/h2,4-7,12-13H,3,8-11,15H2,1H3,(H2,25,26). The molecule has 0 saturated carbocycles. The van der Waals surface area contributed by atoms with Crippen molar-refractivity contribution in [3.63, 3.8) is 0 Å². The van der Waals surface area contributed by atoms with E-state index in [2.05, 4.69) is 6.07 Å². The predicted octanol–water partition coefficient (Wildman–Crippen LogP) is 3.29. The van der Waals surface area contributed by atoms with Gasteiger partial charge in [-0.05, 0) is 48.2 Å². The second-order valence-corrected chi connectivity index (χ2v) is 8.17. The van der Waals surface area contributed by atoms with Crippen LogP contribution in [0.2, 0.25) is 0 Å². The number of aliphatic imine (C=N–C) groups is 1. The Labute approximate surface area is 175 Å². The number of nitrogens with zero attached hydrogens (tertiary/aromatic N) is 3. The fourth-order valence-corrected chi connectivity index (χ4v) is 4.66. The van der Waals surface area contributed by atoms with E-state index < -0.39 is 11.3 Å². The van der Waals surface area contributed by atoms with Gasteiger partial charge in [0.25, 0.3) is 0 Å². The Balaban J connectivity index is 1.63. The molecule has 2 N–H and O–H groups in total. The van der Waals surface area contributed by atoms with E-state index in [1.54, 1.807) is 13.1 Å². The van der Waals surface area contributed by atoms with Gasteiger partial charge in [0.15, 0.2) is 0 Å². The van der Waals surface area contributed by atoms with E-state index in [1.807, 2.05) is 36.4 Å². The first-order valence-electron chi connectivity index (χ1n) is 10.2. The summed E-state index contributed by atoms with van der Waals surface area (Å²) in [5.41, 5.74) is 8.19. The average molecular weight is 404 g/mol. The molecule has 2 aromatic rings. The molecule has 30 heavy (non-hydrogen) atoms. The molecule has 0 aliphatic carbocycles. The van der Waals surface area contributed by atoms with Gasteiger partial charge in [0, 0.05) is 26.5 Å². The van der Waals surface area contributed by atoms with Crippen LogP contribution in [-0.4, -0.2) is 36.9 Å². The van der Waals surface area contributed by atoms with Gasteiger partial charge in [0.2, 0.25) is 11.7 Å². The van der Waals surface area contributed by atoms with E-state index in [0.29, 0.717) is 24.6 Å². The molecule has 7 nitrogen and oxygen atoms in total. The Hall–Kier alpha value is -3.08. The van der Waals surface area contributed by atoms with Crippen molar-refractivity contribution in [1.29, 1.82) is 5.26 Å². The molecular weight excluding hydrogens is 380 g/mol. The summed E-state index contributed by atoms with van der Waals surface area (Å²) in [5.74, 6) is 1.11.